The number of benzene rings is 1. The number of alkyl halides is 3. The fraction of sp³-hybridized carbons (Fsp3) is 0.575. The van der Waals surface area contributed by atoms with E-state index in [4.69, 9.17) is 27.0 Å². The van der Waals surface area contributed by atoms with E-state index >= 15 is 0 Å². The third kappa shape index (κ3) is 9.30. The van der Waals surface area contributed by atoms with Crippen molar-refractivity contribution in [2.24, 2.45) is 0 Å². The van der Waals surface area contributed by atoms with Gasteiger partial charge in [0.05, 0.1) is 55.3 Å². The lowest BCUT2D eigenvalue weighted by Crippen LogP contribution is -2.51. The van der Waals surface area contributed by atoms with Gasteiger partial charge >= 0.3 is 6.18 Å². The molecule has 13 nitrogen and oxygen atoms in total. The monoisotopic (exact) mass is 811 g/mol. The Morgan fingerprint density at radius 2 is 1.65 bits per heavy atom. The van der Waals surface area contributed by atoms with Crippen molar-refractivity contribution in [2.75, 3.05) is 30.0 Å². The Morgan fingerprint density at radius 1 is 1.02 bits per heavy atom. The number of rotatable bonds is 11. The van der Waals surface area contributed by atoms with Gasteiger partial charge in [-0.25, -0.2) is 4.98 Å². The van der Waals surface area contributed by atoms with E-state index in [1.807, 2.05) is 17.0 Å². The Labute approximate surface area is 335 Å². The number of likely N-dealkylation sites (tertiary alicyclic amines) is 1. The second-order valence-corrected chi connectivity index (χ2v) is 16.2. The number of hydrogen-bond acceptors (Lipinski definition) is 10. The first-order valence-electron chi connectivity index (χ1n) is 19.4. The number of pyridine rings is 1. The molecule has 4 fully saturated rings. The van der Waals surface area contributed by atoms with Gasteiger partial charge in [-0.1, -0.05) is 12.1 Å². The molecule has 2 N–H and O–H groups in total. The minimum Gasteiger partial charge on any atom is -0.376 e. The molecule has 2 aromatic rings. The largest absolute Gasteiger partial charge is 0.419 e. The summed E-state index contributed by atoms with van der Waals surface area (Å²) in [7, 11) is 0. The molecule has 17 heteroatoms. The van der Waals surface area contributed by atoms with Crippen molar-refractivity contribution in [1.29, 1.82) is 5.26 Å². The number of halogens is 3. The number of nitriles is 1. The van der Waals surface area contributed by atoms with Crippen LogP contribution in [-0.2, 0) is 34.8 Å². The van der Waals surface area contributed by atoms with E-state index in [0.717, 1.165) is 35.6 Å². The van der Waals surface area contributed by atoms with Gasteiger partial charge in [0.2, 0.25) is 17.7 Å². The predicted molar refractivity (Wildman–Crippen MR) is 207 cm³/mol. The summed E-state index contributed by atoms with van der Waals surface area (Å²) in [5.74, 6) is -1.53. The zero-order valence-corrected chi connectivity index (χ0v) is 33.3. The van der Waals surface area contributed by atoms with Crippen LogP contribution in [0.4, 0.5) is 24.5 Å². The summed E-state index contributed by atoms with van der Waals surface area (Å²) in [5.41, 5.74) is -1.78. The molecule has 4 aliphatic rings. The van der Waals surface area contributed by atoms with Crippen LogP contribution in [0.5, 0.6) is 0 Å². The van der Waals surface area contributed by atoms with Crippen LogP contribution in [0.1, 0.15) is 102 Å². The molecule has 1 aromatic heterocycles. The van der Waals surface area contributed by atoms with Crippen LogP contribution < -0.4 is 15.5 Å². The minimum absolute atomic E-state index is 0.0140. The van der Waals surface area contributed by atoms with Crippen LogP contribution in [0.3, 0.4) is 0 Å². The molecule has 0 bridgehead atoms. The standard InChI is InChI=1S/C40H48F3N7O6S/c1-23-17-30(18-24(2)48(23)22-35(52)46-26-7-5-25(6-8-26)31-13-14-34(51)47-36(31)53)56-16-15-55-29-11-9-27(10-12-29)50-38(57)49(37(54)39(50,3)4)28-19-32(40(41,42)43)33(20-44)45-21-28/h5-8,19,21,23-24,27,29-31H,9-18,22H2,1-4H3,(H,46,52)(H,47,51,53)/t23-,24+,27-,29-,30+,31?. The predicted octanol–water partition coefficient (Wildman–Crippen LogP) is 5.43. The Morgan fingerprint density at radius 3 is 2.25 bits per heavy atom. The quantitative estimate of drug-likeness (QED) is 0.170. The number of thiocarbonyl (C=S) groups is 1. The number of amides is 4. The molecule has 0 spiro atoms. The van der Waals surface area contributed by atoms with Gasteiger partial charge < -0.3 is 19.7 Å². The molecular weight excluding hydrogens is 764 g/mol. The van der Waals surface area contributed by atoms with Crippen molar-refractivity contribution in [3.8, 4) is 6.07 Å². The first kappa shape index (κ1) is 42.1. The number of nitrogens with one attached hydrogen (secondary N) is 2. The summed E-state index contributed by atoms with van der Waals surface area (Å²) in [5, 5.41) is 14.6. The van der Waals surface area contributed by atoms with Crippen LogP contribution in [0.15, 0.2) is 36.5 Å². The second kappa shape index (κ2) is 17.2. The van der Waals surface area contributed by atoms with E-state index in [2.05, 4.69) is 34.4 Å². The number of aromatic nitrogens is 1. The molecular formula is C40H48F3N7O6S. The molecule has 4 amide bonds. The maximum absolute atomic E-state index is 13.7. The van der Waals surface area contributed by atoms with E-state index in [-0.39, 0.29) is 71.3 Å². The zero-order chi connectivity index (χ0) is 41.2. The molecule has 3 aliphatic heterocycles. The van der Waals surface area contributed by atoms with Crippen molar-refractivity contribution in [3.63, 3.8) is 0 Å². The average molecular weight is 812 g/mol. The van der Waals surface area contributed by atoms with E-state index in [9.17, 15) is 32.3 Å². The number of hydrogen-bond donors (Lipinski definition) is 2. The summed E-state index contributed by atoms with van der Waals surface area (Å²) in [6.45, 7) is 8.65. The molecule has 1 aromatic carbocycles. The number of carbonyl (C=O) groups is 4. The van der Waals surface area contributed by atoms with Crippen molar-refractivity contribution in [1.82, 2.24) is 20.1 Å². The normalized spacial score (nSPS) is 27.0. The van der Waals surface area contributed by atoms with Crippen molar-refractivity contribution in [2.45, 2.75) is 127 Å². The Hall–Kier alpha value is -4.50. The fourth-order valence-electron chi connectivity index (χ4n) is 8.62. The lowest BCUT2D eigenvalue weighted by atomic mass is 9.89. The number of ether oxygens (including phenoxy) is 2. The van der Waals surface area contributed by atoms with Crippen LogP contribution in [0, 0.1) is 11.3 Å². The number of piperidine rings is 2. The topological polar surface area (TPSA) is 157 Å². The van der Waals surface area contributed by atoms with Gasteiger partial charge in [0.1, 0.15) is 11.6 Å². The van der Waals surface area contributed by atoms with Gasteiger partial charge in [-0.05, 0) is 109 Å². The van der Waals surface area contributed by atoms with Gasteiger partial charge in [0.15, 0.2) is 10.8 Å². The number of anilines is 2. The third-order valence-electron chi connectivity index (χ3n) is 11.6. The van der Waals surface area contributed by atoms with E-state index in [1.165, 1.54) is 6.07 Å². The van der Waals surface area contributed by atoms with Gasteiger partial charge in [0, 0.05) is 30.2 Å². The fourth-order valence-corrected chi connectivity index (χ4v) is 9.18. The van der Waals surface area contributed by atoms with Crippen LogP contribution in [0.2, 0.25) is 0 Å². The van der Waals surface area contributed by atoms with Gasteiger partial charge in [-0.3, -0.25) is 34.3 Å². The SMILES string of the molecule is C[C@@H]1C[C@H](OCCO[C@H]2CC[C@H](N3C(=S)N(c4cnc(C#N)c(C(F)(F)F)c4)C(=O)C3(C)C)CC2)C[C@H](C)N1CC(=O)Nc1ccc(C2CCC(=O)NC2=O)cc1. The molecule has 1 aliphatic carbocycles. The molecule has 1 unspecified atom stereocenters. The van der Waals surface area contributed by atoms with Gasteiger partial charge in [-0.2, -0.15) is 18.4 Å². The molecule has 57 heavy (non-hydrogen) atoms. The Bertz CT molecular complexity index is 1900. The number of nitrogens with zero attached hydrogens (tertiary/aromatic N) is 5. The van der Waals surface area contributed by atoms with E-state index in [1.54, 1.807) is 26.0 Å². The number of carbonyl (C=O) groups excluding carboxylic acids is 4. The third-order valence-corrected chi connectivity index (χ3v) is 11.9. The summed E-state index contributed by atoms with van der Waals surface area (Å²) >= 11 is 5.69. The van der Waals surface area contributed by atoms with Crippen LogP contribution in [-0.4, -0.2) is 99.2 Å². The first-order chi connectivity index (χ1) is 27.0. The molecule has 306 valence electrons. The minimum atomic E-state index is -4.83. The highest BCUT2D eigenvalue weighted by atomic mass is 32.1. The molecule has 4 atom stereocenters. The lowest BCUT2D eigenvalue weighted by Gasteiger charge is -2.42. The highest BCUT2D eigenvalue weighted by Gasteiger charge is 2.53. The van der Waals surface area contributed by atoms with Crippen LogP contribution in [0.25, 0.3) is 0 Å². The smallest absolute Gasteiger partial charge is 0.376 e. The molecule has 1 saturated carbocycles. The molecule has 6 rings (SSSR count). The Balaban J connectivity index is 0.918. The Kier molecular flexibility index (Phi) is 12.7. The van der Waals surface area contributed by atoms with Gasteiger partial charge in [0.25, 0.3) is 5.91 Å². The first-order valence-corrected chi connectivity index (χ1v) is 19.8. The van der Waals surface area contributed by atoms with Crippen molar-refractivity contribution < 1.29 is 41.8 Å². The highest BCUT2D eigenvalue weighted by molar-refractivity contribution is 7.80. The summed E-state index contributed by atoms with van der Waals surface area (Å²) in [4.78, 5) is 59.0. The van der Waals surface area contributed by atoms with Crippen LogP contribution >= 0.6 is 12.2 Å². The van der Waals surface area contributed by atoms with Crippen molar-refractivity contribution >= 4 is 52.3 Å². The molecule has 3 saturated heterocycles. The highest BCUT2D eigenvalue weighted by Crippen LogP contribution is 2.40. The summed E-state index contributed by atoms with van der Waals surface area (Å²) in [6.07, 6.45) is 1.31. The average Bonchev–Trinajstić information content (AvgIpc) is 3.33. The summed E-state index contributed by atoms with van der Waals surface area (Å²) < 4.78 is 53.4. The number of imide groups is 1. The van der Waals surface area contributed by atoms with E-state index in [0.29, 0.717) is 57.4 Å². The van der Waals surface area contributed by atoms with Gasteiger partial charge in [-0.15, -0.1) is 0 Å². The van der Waals surface area contributed by atoms with E-state index < -0.39 is 28.9 Å². The maximum atomic E-state index is 13.7. The zero-order valence-electron chi connectivity index (χ0n) is 32.4. The van der Waals surface area contributed by atoms with Crippen molar-refractivity contribution in [3.05, 3.63) is 53.3 Å². The summed E-state index contributed by atoms with van der Waals surface area (Å²) in [6, 6.07) is 9.48. The lowest BCUT2D eigenvalue weighted by molar-refractivity contribution is -0.138. The maximum Gasteiger partial charge on any atom is 0.419 e. The molecule has 4 heterocycles. The molecule has 0 radical (unpaired) electrons. The second-order valence-electron chi connectivity index (χ2n) is 15.9.